The highest BCUT2D eigenvalue weighted by molar-refractivity contribution is 5.96. The van der Waals surface area contributed by atoms with E-state index in [2.05, 4.69) is 10.1 Å². The van der Waals surface area contributed by atoms with E-state index in [-0.39, 0.29) is 5.91 Å². The number of hydrogen-bond acceptors (Lipinski definition) is 5. The van der Waals surface area contributed by atoms with Crippen LogP contribution in [0.4, 0.5) is 0 Å². The minimum Gasteiger partial charge on any atom is -0.497 e. The van der Waals surface area contributed by atoms with E-state index >= 15 is 0 Å². The summed E-state index contributed by atoms with van der Waals surface area (Å²) < 4.78 is 13.0. The largest absolute Gasteiger partial charge is 0.497 e. The first kappa shape index (κ1) is 19.9. The molecule has 0 unspecified atom stereocenters. The first-order valence-electron chi connectivity index (χ1n) is 9.99. The second kappa shape index (κ2) is 8.18. The van der Waals surface area contributed by atoms with Crippen LogP contribution in [0.2, 0.25) is 0 Å². The van der Waals surface area contributed by atoms with Crippen LogP contribution in [0.3, 0.4) is 0 Å². The zero-order valence-corrected chi connectivity index (χ0v) is 17.8. The number of ether oxygens (including phenoxy) is 2. The van der Waals surface area contributed by atoms with Crippen molar-refractivity contribution in [1.29, 1.82) is 0 Å². The van der Waals surface area contributed by atoms with E-state index < -0.39 is 0 Å². The molecular weight excluding hydrogens is 380 g/mol. The molecule has 7 heteroatoms. The molecule has 1 amide bonds. The fourth-order valence-electron chi connectivity index (χ4n) is 3.86. The summed E-state index contributed by atoms with van der Waals surface area (Å²) in [6.07, 6.45) is 2.50. The summed E-state index contributed by atoms with van der Waals surface area (Å²) in [7, 11) is 3.57. The fraction of sp³-hybridized carbons (Fsp3) is 0.348. The lowest BCUT2D eigenvalue weighted by Crippen LogP contribution is -2.36. The summed E-state index contributed by atoms with van der Waals surface area (Å²) in [5.74, 6) is 1.35. The number of rotatable bonds is 5. The van der Waals surface area contributed by atoms with E-state index in [4.69, 9.17) is 9.47 Å². The van der Waals surface area contributed by atoms with E-state index in [0.717, 1.165) is 40.2 Å². The molecule has 4 rings (SSSR count). The van der Waals surface area contributed by atoms with E-state index in [0.29, 0.717) is 31.1 Å². The minimum atomic E-state index is 0.0249. The van der Waals surface area contributed by atoms with Gasteiger partial charge >= 0.3 is 0 Å². The molecule has 0 N–H and O–H groups in total. The highest BCUT2D eigenvalue weighted by Gasteiger charge is 2.28. The molecular formula is C23H26N4O3. The lowest BCUT2D eigenvalue weighted by atomic mass is 10.0. The number of aryl methyl sites for hydroxylation is 3. The van der Waals surface area contributed by atoms with Crippen LogP contribution in [0.5, 0.6) is 11.6 Å². The number of carbonyl (C=O) groups excluding carboxylic acids is 1. The van der Waals surface area contributed by atoms with Crippen molar-refractivity contribution in [3.8, 4) is 11.6 Å². The van der Waals surface area contributed by atoms with Crippen molar-refractivity contribution in [1.82, 2.24) is 19.7 Å². The van der Waals surface area contributed by atoms with Crippen molar-refractivity contribution < 1.29 is 14.3 Å². The molecule has 30 heavy (non-hydrogen) atoms. The number of hydrogen-bond donors (Lipinski definition) is 0. The van der Waals surface area contributed by atoms with E-state index in [1.807, 2.05) is 60.8 Å². The average molecular weight is 406 g/mol. The van der Waals surface area contributed by atoms with Gasteiger partial charge in [-0.1, -0.05) is 0 Å². The molecule has 0 saturated heterocycles. The van der Waals surface area contributed by atoms with Crippen LogP contribution in [0.1, 0.15) is 38.4 Å². The van der Waals surface area contributed by atoms with Crippen LogP contribution < -0.4 is 9.47 Å². The van der Waals surface area contributed by atoms with Crippen molar-refractivity contribution in [2.75, 3.05) is 13.7 Å². The van der Waals surface area contributed by atoms with Crippen LogP contribution >= 0.6 is 0 Å². The zero-order chi connectivity index (χ0) is 21.3. The standard InChI is InChI=1S/C23H26N4O3/c1-15-7-9-24-22(11-15)30-14-20-19-13-27(10-8-21(19)26(3)25-20)23(28)18-6-5-17(29-4)12-16(18)2/h5-7,9,11-12H,8,10,13-14H2,1-4H3. The molecule has 0 bridgehead atoms. The Morgan fingerprint density at radius 1 is 1.20 bits per heavy atom. The summed E-state index contributed by atoms with van der Waals surface area (Å²) in [5, 5.41) is 4.65. The Morgan fingerprint density at radius 3 is 2.77 bits per heavy atom. The summed E-state index contributed by atoms with van der Waals surface area (Å²) in [5.41, 5.74) is 5.77. The van der Waals surface area contributed by atoms with Crippen molar-refractivity contribution in [2.24, 2.45) is 7.05 Å². The van der Waals surface area contributed by atoms with Gasteiger partial charge in [-0.25, -0.2) is 4.98 Å². The van der Waals surface area contributed by atoms with Crippen LogP contribution in [0.15, 0.2) is 36.5 Å². The molecule has 0 saturated carbocycles. The quantitative estimate of drug-likeness (QED) is 0.651. The van der Waals surface area contributed by atoms with Crippen molar-refractivity contribution in [3.05, 3.63) is 70.2 Å². The van der Waals surface area contributed by atoms with Crippen LogP contribution in [-0.4, -0.2) is 39.2 Å². The fourth-order valence-corrected chi connectivity index (χ4v) is 3.86. The van der Waals surface area contributed by atoms with Crippen molar-refractivity contribution in [2.45, 2.75) is 33.4 Å². The van der Waals surface area contributed by atoms with Crippen LogP contribution in [0, 0.1) is 13.8 Å². The average Bonchev–Trinajstić information content (AvgIpc) is 3.06. The second-order valence-electron chi connectivity index (χ2n) is 7.61. The SMILES string of the molecule is COc1ccc(C(=O)N2CCc3c(c(COc4cc(C)ccn4)nn3C)C2)c(C)c1. The third-order valence-electron chi connectivity index (χ3n) is 5.52. The number of methoxy groups -OCH3 is 1. The molecule has 1 aliphatic heterocycles. The highest BCUT2D eigenvalue weighted by atomic mass is 16.5. The number of nitrogens with zero attached hydrogens (tertiary/aromatic N) is 4. The van der Waals surface area contributed by atoms with Gasteiger partial charge in [0.1, 0.15) is 18.1 Å². The molecule has 156 valence electrons. The molecule has 0 aliphatic carbocycles. The Kier molecular flexibility index (Phi) is 5.44. The molecule has 0 fully saturated rings. The summed E-state index contributed by atoms with van der Waals surface area (Å²) >= 11 is 0. The van der Waals surface area contributed by atoms with Gasteiger partial charge in [0, 0.05) is 55.6 Å². The highest BCUT2D eigenvalue weighted by Crippen LogP contribution is 2.26. The molecule has 0 spiro atoms. The molecule has 1 aliphatic rings. The lowest BCUT2D eigenvalue weighted by molar-refractivity contribution is 0.0731. The van der Waals surface area contributed by atoms with Gasteiger partial charge in [-0.05, 0) is 49.2 Å². The summed E-state index contributed by atoms with van der Waals surface area (Å²) in [6.45, 7) is 5.44. The third kappa shape index (κ3) is 3.87. The zero-order valence-electron chi connectivity index (χ0n) is 17.8. The summed E-state index contributed by atoms with van der Waals surface area (Å²) in [6, 6.07) is 9.38. The topological polar surface area (TPSA) is 69.5 Å². The lowest BCUT2D eigenvalue weighted by Gasteiger charge is -2.28. The number of carbonyl (C=O) groups is 1. The number of fused-ring (bicyclic) bond motifs is 1. The van der Waals surface area contributed by atoms with Gasteiger partial charge < -0.3 is 14.4 Å². The molecule has 1 aromatic carbocycles. The van der Waals surface area contributed by atoms with E-state index in [1.54, 1.807) is 13.3 Å². The smallest absolute Gasteiger partial charge is 0.254 e. The Balaban J connectivity index is 1.53. The summed E-state index contributed by atoms with van der Waals surface area (Å²) in [4.78, 5) is 19.3. The van der Waals surface area contributed by atoms with Gasteiger partial charge in [0.05, 0.1) is 7.11 Å². The van der Waals surface area contributed by atoms with Crippen LogP contribution in [0.25, 0.3) is 0 Å². The molecule has 2 aromatic heterocycles. The molecule has 3 heterocycles. The minimum absolute atomic E-state index is 0.0249. The van der Waals surface area contributed by atoms with Gasteiger partial charge in [0.2, 0.25) is 5.88 Å². The maximum absolute atomic E-state index is 13.2. The van der Waals surface area contributed by atoms with E-state index in [1.165, 1.54) is 0 Å². The second-order valence-corrected chi connectivity index (χ2v) is 7.61. The van der Waals surface area contributed by atoms with Gasteiger partial charge in [-0.3, -0.25) is 9.48 Å². The number of pyridine rings is 1. The Labute approximate surface area is 176 Å². The maximum Gasteiger partial charge on any atom is 0.254 e. The predicted octanol–water partition coefficient (Wildman–Crippen LogP) is 3.22. The van der Waals surface area contributed by atoms with Gasteiger partial charge in [-0.15, -0.1) is 0 Å². The van der Waals surface area contributed by atoms with Gasteiger partial charge in [-0.2, -0.15) is 5.10 Å². The molecule has 3 aromatic rings. The van der Waals surface area contributed by atoms with Gasteiger partial charge in [0.15, 0.2) is 0 Å². The van der Waals surface area contributed by atoms with Crippen molar-refractivity contribution in [3.63, 3.8) is 0 Å². The Hall–Kier alpha value is -3.35. The van der Waals surface area contributed by atoms with Crippen molar-refractivity contribution >= 4 is 5.91 Å². The predicted molar refractivity (Wildman–Crippen MR) is 113 cm³/mol. The van der Waals surface area contributed by atoms with Crippen LogP contribution in [-0.2, 0) is 26.6 Å². The number of amides is 1. The third-order valence-corrected chi connectivity index (χ3v) is 5.52. The van der Waals surface area contributed by atoms with Gasteiger partial charge in [0.25, 0.3) is 5.91 Å². The molecule has 7 nitrogen and oxygen atoms in total. The Bertz CT molecular complexity index is 1090. The maximum atomic E-state index is 13.2. The first-order chi connectivity index (χ1) is 14.5. The Morgan fingerprint density at radius 2 is 2.03 bits per heavy atom. The van der Waals surface area contributed by atoms with E-state index in [9.17, 15) is 4.79 Å². The molecule has 0 atom stereocenters. The number of aromatic nitrogens is 3. The molecule has 0 radical (unpaired) electrons. The number of benzene rings is 1. The monoisotopic (exact) mass is 406 g/mol. The first-order valence-corrected chi connectivity index (χ1v) is 9.99. The normalized spacial score (nSPS) is 13.1.